The van der Waals surface area contributed by atoms with Crippen LogP contribution in [-0.2, 0) is 16.0 Å². The van der Waals surface area contributed by atoms with Crippen molar-refractivity contribution >= 4 is 23.2 Å². The van der Waals surface area contributed by atoms with Gasteiger partial charge in [-0.05, 0) is 23.8 Å². The molecule has 2 aromatic carbocycles. The Kier molecular flexibility index (Phi) is 6.51. The molecule has 1 saturated heterocycles. The number of anilines is 2. The van der Waals surface area contributed by atoms with E-state index in [-0.39, 0.29) is 17.6 Å². The topological polar surface area (TPSA) is 55.9 Å². The van der Waals surface area contributed by atoms with Crippen molar-refractivity contribution in [2.75, 3.05) is 49.1 Å². The minimum absolute atomic E-state index is 0.0330. The van der Waals surface area contributed by atoms with Crippen LogP contribution in [0.25, 0.3) is 0 Å². The van der Waals surface area contributed by atoms with E-state index in [2.05, 4.69) is 15.1 Å². The molecule has 2 amide bonds. The Morgan fingerprint density at radius 2 is 1.68 bits per heavy atom. The lowest BCUT2D eigenvalue weighted by Gasteiger charge is -2.36. The molecule has 1 atom stereocenters. The summed E-state index contributed by atoms with van der Waals surface area (Å²) in [6, 6.07) is 14.1. The van der Waals surface area contributed by atoms with Crippen LogP contribution in [0.2, 0.25) is 0 Å². The van der Waals surface area contributed by atoms with E-state index < -0.39 is 6.04 Å². The second-order valence-corrected chi connectivity index (χ2v) is 8.04. The Balaban J connectivity index is 1.27. The first-order valence-corrected chi connectivity index (χ1v) is 11.0. The van der Waals surface area contributed by atoms with Gasteiger partial charge in [-0.25, -0.2) is 4.39 Å². The van der Waals surface area contributed by atoms with Gasteiger partial charge in [-0.3, -0.25) is 19.4 Å². The van der Waals surface area contributed by atoms with Gasteiger partial charge in [-0.1, -0.05) is 37.3 Å². The molecule has 0 aliphatic carbocycles. The highest BCUT2D eigenvalue weighted by Gasteiger charge is 2.37. The number of amides is 2. The van der Waals surface area contributed by atoms with Gasteiger partial charge in [0.2, 0.25) is 11.8 Å². The van der Waals surface area contributed by atoms with Crippen molar-refractivity contribution in [3.8, 4) is 0 Å². The van der Waals surface area contributed by atoms with Crippen molar-refractivity contribution in [1.29, 1.82) is 0 Å². The number of para-hydroxylation sites is 2. The Morgan fingerprint density at radius 3 is 2.39 bits per heavy atom. The molecule has 0 aromatic heterocycles. The zero-order chi connectivity index (χ0) is 21.8. The highest BCUT2D eigenvalue weighted by atomic mass is 19.1. The molecule has 0 radical (unpaired) electrons. The summed E-state index contributed by atoms with van der Waals surface area (Å²) in [4.78, 5) is 31.4. The standard InChI is InChI=1S/C24H29FN4O2/c1-2-23(30)29-20-9-5-3-7-18(20)17-22(29)24(31)26-11-12-27-13-15-28(16-14-27)21-10-6-4-8-19(21)25/h3-10,22H,2,11-17H2,1H3,(H,26,31)/t22-/m1/s1. The predicted octanol–water partition coefficient (Wildman–Crippen LogP) is 2.43. The number of carbonyl (C=O) groups excluding carboxylic acids is 2. The van der Waals surface area contributed by atoms with Crippen LogP contribution in [0.4, 0.5) is 15.8 Å². The zero-order valence-corrected chi connectivity index (χ0v) is 17.9. The molecule has 2 heterocycles. The number of benzene rings is 2. The molecule has 2 aromatic rings. The van der Waals surface area contributed by atoms with Crippen LogP contribution >= 0.6 is 0 Å². The maximum Gasteiger partial charge on any atom is 0.243 e. The third-order valence-electron chi connectivity index (χ3n) is 6.14. The fourth-order valence-corrected chi connectivity index (χ4v) is 4.45. The molecule has 0 bridgehead atoms. The largest absolute Gasteiger partial charge is 0.367 e. The number of hydrogen-bond acceptors (Lipinski definition) is 4. The molecule has 31 heavy (non-hydrogen) atoms. The van der Waals surface area contributed by atoms with Crippen molar-refractivity contribution in [3.05, 3.63) is 59.9 Å². The zero-order valence-electron chi connectivity index (χ0n) is 17.9. The average Bonchev–Trinajstić information content (AvgIpc) is 3.19. The van der Waals surface area contributed by atoms with E-state index in [0.29, 0.717) is 25.1 Å². The fraction of sp³-hybridized carbons (Fsp3) is 0.417. The molecule has 1 fully saturated rings. The van der Waals surface area contributed by atoms with E-state index in [4.69, 9.17) is 0 Å². The van der Waals surface area contributed by atoms with E-state index in [1.54, 1.807) is 11.0 Å². The quantitative estimate of drug-likeness (QED) is 0.774. The van der Waals surface area contributed by atoms with Gasteiger partial charge in [0.25, 0.3) is 0 Å². The van der Waals surface area contributed by atoms with Gasteiger partial charge in [0.15, 0.2) is 0 Å². The van der Waals surface area contributed by atoms with Crippen molar-refractivity contribution in [2.45, 2.75) is 25.8 Å². The van der Waals surface area contributed by atoms with Gasteiger partial charge in [0, 0.05) is 57.8 Å². The van der Waals surface area contributed by atoms with Crippen LogP contribution in [-0.4, -0.2) is 62.0 Å². The molecule has 0 spiro atoms. The number of hydrogen-bond donors (Lipinski definition) is 1. The van der Waals surface area contributed by atoms with Crippen molar-refractivity contribution in [3.63, 3.8) is 0 Å². The number of piperazine rings is 1. The van der Waals surface area contributed by atoms with Crippen LogP contribution in [0.5, 0.6) is 0 Å². The molecule has 1 N–H and O–H groups in total. The first kappa shape index (κ1) is 21.3. The Morgan fingerprint density at radius 1 is 1.00 bits per heavy atom. The number of fused-ring (bicyclic) bond motifs is 1. The Bertz CT molecular complexity index is 943. The van der Waals surface area contributed by atoms with E-state index in [1.165, 1.54) is 6.07 Å². The molecule has 7 heteroatoms. The van der Waals surface area contributed by atoms with E-state index >= 15 is 0 Å². The molecular formula is C24H29FN4O2. The van der Waals surface area contributed by atoms with E-state index in [1.807, 2.05) is 43.3 Å². The van der Waals surface area contributed by atoms with Crippen molar-refractivity contribution in [2.24, 2.45) is 0 Å². The van der Waals surface area contributed by atoms with Crippen molar-refractivity contribution < 1.29 is 14.0 Å². The Labute approximate surface area is 182 Å². The molecule has 2 aliphatic rings. The van der Waals surface area contributed by atoms with Gasteiger partial charge >= 0.3 is 0 Å². The summed E-state index contributed by atoms with van der Waals surface area (Å²) in [7, 11) is 0. The normalized spacial score (nSPS) is 18.7. The van der Waals surface area contributed by atoms with Crippen LogP contribution in [0.15, 0.2) is 48.5 Å². The number of nitrogens with zero attached hydrogens (tertiary/aromatic N) is 3. The SMILES string of the molecule is CCC(=O)N1c2ccccc2C[C@@H]1C(=O)NCCN1CCN(c2ccccc2F)CC1. The summed E-state index contributed by atoms with van der Waals surface area (Å²) >= 11 is 0. The van der Waals surface area contributed by atoms with Gasteiger partial charge in [0.1, 0.15) is 11.9 Å². The summed E-state index contributed by atoms with van der Waals surface area (Å²) in [6.45, 7) is 6.23. The fourth-order valence-electron chi connectivity index (χ4n) is 4.45. The molecule has 0 unspecified atom stereocenters. The molecular weight excluding hydrogens is 395 g/mol. The smallest absolute Gasteiger partial charge is 0.243 e. The first-order valence-electron chi connectivity index (χ1n) is 11.0. The minimum Gasteiger partial charge on any atom is -0.367 e. The first-order chi connectivity index (χ1) is 15.1. The maximum atomic E-state index is 14.0. The number of nitrogens with one attached hydrogen (secondary N) is 1. The summed E-state index contributed by atoms with van der Waals surface area (Å²) < 4.78 is 14.0. The summed E-state index contributed by atoms with van der Waals surface area (Å²) in [6.07, 6.45) is 0.916. The number of rotatable bonds is 6. The average molecular weight is 425 g/mol. The van der Waals surface area contributed by atoms with Crippen molar-refractivity contribution in [1.82, 2.24) is 10.2 Å². The van der Waals surface area contributed by atoms with Crippen LogP contribution in [0.1, 0.15) is 18.9 Å². The highest BCUT2D eigenvalue weighted by Crippen LogP contribution is 2.32. The highest BCUT2D eigenvalue weighted by molar-refractivity contribution is 6.03. The lowest BCUT2D eigenvalue weighted by Crippen LogP contribution is -2.51. The van der Waals surface area contributed by atoms with Gasteiger partial charge in [-0.2, -0.15) is 0 Å². The molecule has 2 aliphatic heterocycles. The van der Waals surface area contributed by atoms with Crippen LogP contribution < -0.4 is 15.1 Å². The summed E-state index contributed by atoms with van der Waals surface area (Å²) in [5.74, 6) is -0.329. The van der Waals surface area contributed by atoms with E-state index in [0.717, 1.165) is 44.0 Å². The third kappa shape index (κ3) is 4.56. The monoisotopic (exact) mass is 424 g/mol. The molecule has 0 saturated carbocycles. The van der Waals surface area contributed by atoms with Crippen LogP contribution in [0.3, 0.4) is 0 Å². The Hall–Kier alpha value is -2.93. The van der Waals surface area contributed by atoms with E-state index in [9.17, 15) is 14.0 Å². The third-order valence-corrected chi connectivity index (χ3v) is 6.14. The van der Waals surface area contributed by atoms with Gasteiger partial charge in [-0.15, -0.1) is 0 Å². The number of carbonyl (C=O) groups is 2. The predicted molar refractivity (Wildman–Crippen MR) is 120 cm³/mol. The second-order valence-electron chi connectivity index (χ2n) is 8.04. The van der Waals surface area contributed by atoms with Gasteiger partial charge < -0.3 is 10.2 Å². The summed E-state index contributed by atoms with van der Waals surface area (Å²) in [5, 5.41) is 3.02. The second kappa shape index (κ2) is 9.47. The molecule has 6 nitrogen and oxygen atoms in total. The summed E-state index contributed by atoms with van der Waals surface area (Å²) in [5.41, 5.74) is 2.53. The minimum atomic E-state index is -0.484. The maximum absolute atomic E-state index is 14.0. The lowest BCUT2D eigenvalue weighted by atomic mass is 10.1. The molecule has 164 valence electrons. The van der Waals surface area contributed by atoms with Gasteiger partial charge in [0.05, 0.1) is 5.69 Å². The lowest BCUT2D eigenvalue weighted by molar-refractivity contribution is -0.126. The van der Waals surface area contributed by atoms with Crippen LogP contribution in [0, 0.1) is 5.82 Å². The molecule has 4 rings (SSSR count). The number of halogens is 1.